The number of aliphatic hydroxyl groups is 1. The second-order valence-electron chi connectivity index (χ2n) is 2.34. The summed E-state index contributed by atoms with van der Waals surface area (Å²) in [7, 11) is 0. The van der Waals surface area contributed by atoms with Crippen molar-refractivity contribution in [1.29, 1.82) is 0 Å². The smallest absolute Gasteiger partial charge is 0.285 e. The van der Waals surface area contributed by atoms with Crippen LogP contribution in [0.2, 0.25) is 0 Å². The lowest BCUT2D eigenvalue weighted by atomic mass is 10.2. The molecule has 3 atom stereocenters. The van der Waals surface area contributed by atoms with Crippen molar-refractivity contribution < 1.29 is 14.6 Å². The molecule has 1 fully saturated rings. The van der Waals surface area contributed by atoms with Gasteiger partial charge in [0.2, 0.25) is 0 Å². The Morgan fingerprint density at radius 2 is 2.50 bits per heavy atom. The third-order valence-electron chi connectivity index (χ3n) is 1.61. The number of nitrogens with zero attached hydrogens (tertiary/aromatic N) is 1. The van der Waals surface area contributed by atoms with E-state index in [1.807, 2.05) is 0 Å². The average Bonchev–Trinajstić information content (AvgIpc) is 2.35. The number of nitrogens with two attached hydrogens (primary N) is 1. The second-order valence-corrected chi connectivity index (χ2v) is 2.34. The van der Waals surface area contributed by atoms with Crippen molar-refractivity contribution >= 4 is 6.02 Å². The Morgan fingerprint density at radius 1 is 1.70 bits per heavy atom. The molecular weight excluding hydrogens is 136 g/mol. The highest BCUT2D eigenvalue weighted by Crippen LogP contribution is 2.22. The highest BCUT2D eigenvalue weighted by molar-refractivity contribution is 5.73. The summed E-state index contributed by atoms with van der Waals surface area (Å²) in [5.74, 6) is 0. The Kier molecular flexibility index (Phi) is 1.09. The molecule has 2 aliphatic rings. The van der Waals surface area contributed by atoms with Gasteiger partial charge in [-0.1, -0.05) is 0 Å². The van der Waals surface area contributed by atoms with E-state index in [0.29, 0.717) is 0 Å². The first-order valence-corrected chi connectivity index (χ1v) is 3.07. The highest BCUT2D eigenvalue weighted by atomic mass is 16.6. The summed E-state index contributed by atoms with van der Waals surface area (Å²) in [6.07, 6.45) is -1.34. The van der Waals surface area contributed by atoms with Crippen molar-refractivity contribution in [3.8, 4) is 0 Å². The third kappa shape index (κ3) is 0.676. The van der Waals surface area contributed by atoms with Gasteiger partial charge in [0.25, 0.3) is 6.02 Å². The van der Waals surface area contributed by atoms with Crippen LogP contribution in [-0.4, -0.2) is 36.2 Å². The van der Waals surface area contributed by atoms with Crippen molar-refractivity contribution in [2.24, 2.45) is 10.7 Å². The fourth-order valence-corrected chi connectivity index (χ4v) is 1.12. The summed E-state index contributed by atoms with van der Waals surface area (Å²) in [4.78, 5) is 3.79. The van der Waals surface area contributed by atoms with Gasteiger partial charge < -0.3 is 20.3 Å². The Balaban J connectivity index is 2.14. The number of fused-ring (bicyclic) bond motifs is 1. The number of amidine groups is 1. The van der Waals surface area contributed by atoms with Gasteiger partial charge in [-0.3, -0.25) is 0 Å². The van der Waals surface area contributed by atoms with Crippen LogP contribution >= 0.6 is 0 Å². The summed E-state index contributed by atoms with van der Waals surface area (Å²) in [5.41, 5.74) is 5.22. The van der Waals surface area contributed by atoms with Gasteiger partial charge in [-0.05, 0) is 0 Å². The molecule has 1 unspecified atom stereocenters. The van der Waals surface area contributed by atoms with Gasteiger partial charge in [0, 0.05) is 0 Å². The number of rotatable bonds is 0. The molecule has 5 heteroatoms. The van der Waals surface area contributed by atoms with Gasteiger partial charge in [0.15, 0.2) is 12.3 Å². The zero-order valence-corrected chi connectivity index (χ0v) is 5.23. The maximum atomic E-state index is 9.14. The Hall–Kier alpha value is -0.810. The van der Waals surface area contributed by atoms with E-state index in [1.54, 1.807) is 0 Å². The molecule has 2 aliphatic heterocycles. The molecule has 10 heavy (non-hydrogen) atoms. The van der Waals surface area contributed by atoms with Crippen LogP contribution in [0.3, 0.4) is 0 Å². The lowest BCUT2D eigenvalue weighted by Crippen LogP contribution is -2.30. The van der Waals surface area contributed by atoms with Gasteiger partial charge in [0.05, 0.1) is 6.61 Å². The Bertz CT molecular complexity index is 182. The van der Waals surface area contributed by atoms with Crippen LogP contribution in [-0.2, 0) is 9.47 Å². The molecule has 0 aliphatic carbocycles. The molecule has 0 spiro atoms. The minimum Gasteiger partial charge on any atom is -0.454 e. The monoisotopic (exact) mass is 144 g/mol. The quantitative estimate of drug-likeness (QED) is 0.430. The summed E-state index contributed by atoms with van der Waals surface area (Å²) >= 11 is 0. The van der Waals surface area contributed by atoms with E-state index >= 15 is 0 Å². The molecule has 5 nitrogen and oxygen atoms in total. The van der Waals surface area contributed by atoms with Crippen LogP contribution in [0, 0.1) is 0 Å². The van der Waals surface area contributed by atoms with Crippen molar-refractivity contribution in [3.05, 3.63) is 0 Å². The predicted molar refractivity (Wildman–Crippen MR) is 32.2 cm³/mol. The van der Waals surface area contributed by atoms with Crippen LogP contribution in [0.15, 0.2) is 4.99 Å². The molecule has 2 heterocycles. The zero-order valence-electron chi connectivity index (χ0n) is 5.23. The number of hydrogen-bond acceptors (Lipinski definition) is 5. The van der Waals surface area contributed by atoms with Gasteiger partial charge in [0.1, 0.15) is 6.10 Å². The van der Waals surface area contributed by atoms with E-state index in [4.69, 9.17) is 20.3 Å². The first-order chi connectivity index (χ1) is 4.77. The van der Waals surface area contributed by atoms with E-state index in [0.717, 1.165) is 0 Å². The summed E-state index contributed by atoms with van der Waals surface area (Å²) < 4.78 is 9.97. The standard InChI is InChI=1S/C5H8N2O3/c6-5-7-4-3(10-5)2(8)1-9-4/h2-4,8H,1H2,(H2,6,7)/t2?,3-,4+/m0/s1. The molecule has 1 saturated heterocycles. The summed E-state index contributed by atoms with van der Waals surface area (Å²) in [6.45, 7) is 0.284. The Morgan fingerprint density at radius 3 is 3.20 bits per heavy atom. The molecule has 0 bridgehead atoms. The maximum absolute atomic E-state index is 9.14. The first-order valence-electron chi connectivity index (χ1n) is 3.07. The lowest BCUT2D eigenvalue weighted by molar-refractivity contribution is 0.0615. The molecule has 2 rings (SSSR count). The van der Waals surface area contributed by atoms with Crippen LogP contribution in [0.5, 0.6) is 0 Å². The number of hydrogen-bond donors (Lipinski definition) is 2. The van der Waals surface area contributed by atoms with Crippen molar-refractivity contribution in [1.82, 2.24) is 0 Å². The normalized spacial score (nSPS) is 44.5. The third-order valence-corrected chi connectivity index (χ3v) is 1.61. The largest absolute Gasteiger partial charge is 0.454 e. The first kappa shape index (κ1) is 5.94. The van der Waals surface area contributed by atoms with Gasteiger partial charge in [-0.15, -0.1) is 0 Å². The fourth-order valence-electron chi connectivity index (χ4n) is 1.12. The molecule has 0 aromatic rings. The average molecular weight is 144 g/mol. The fraction of sp³-hybridized carbons (Fsp3) is 0.800. The van der Waals surface area contributed by atoms with E-state index < -0.39 is 6.10 Å². The highest BCUT2D eigenvalue weighted by Gasteiger charge is 2.42. The SMILES string of the molecule is NC1=N[C@@H]2OCC(O)[C@@H]2O1. The van der Waals surface area contributed by atoms with Gasteiger partial charge >= 0.3 is 0 Å². The molecule has 0 aromatic carbocycles. The summed E-state index contributed by atoms with van der Waals surface area (Å²) in [5, 5.41) is 9.14. The molecule has 56 valence electrons. The predicted octanol–water partition coefficient (Wildman–Crippen LogP) is -1.58. The molecule has 0 aromatic heterocycles. The number of ether oxygens (including phenoxy) is 2. The molecule has 0 amide bonds. The van der Waals surface area contributed by atoms with Crippen LogP contribution in [0.1, 0.15) is 0 Å². The van der Waals surface area contributed by atoms with E-state index in [1.165, 1.54) is 0 Å². The number of aliphatic imine (C=N–C) groups is 1. The van der Waals surface area contributed by atoms with Crippen molar-refractivity contribution in [3.63, 3.8) is 0 Å². The topological polar surface area (TPSA) is 77.1 Å². The lowest BCUT2D eigenvalue weighted by Gasteiger charge is -2.08. The zero-order chi connectivity index (χ0) is 7.14. The second kappa shape index (κ2) is 1.83. The van der Waals surface area contributed by atoms with Crippen LogP contribution < -0.4 is 5.73 Å². The van der Waals surface area contributed by atoms with Crippen LogP contribution in [0.25, 0.3) is 0 Å². The van der Waals surface area contributed by atoms with Crippen molar-refractivity contribution in [2.45, 2.75) is 18.4 Å². The Labute approximate surface area is 57.4 Å². The maximum Gasteiger partial charge on any atom is 0.285 e. The molecule has 0 saturated carbocycles. The van der Waals surface area contributed by atoms with E-state index in [9.17, 15) is 0 Å². The molecule has 3 N–H and O–H groups in total. The van der Waals surface area contributed by atoms with Gasteiger partial charge in [-0.2, -0.15) is 4.99 Å². The van der Waals surface area contributed by atoms with Gasteiger partial charge in [-0.25, -0.2) is 0 Å². The number of aliphatic hydroxyl groups excluding tert-OH is 1. The van der Waals surface area contributed by atoms with E-state index in [-0.39, 0.29) is 25.0 Å². The minimum absolute atomic E-state index is 0.105. The minimum atomic E-state index is -0.588. The molecule has 0 radical (unpaired) electrons. The van der Waals surface area contributed by atoms with Crippen molar-refractivity contribution in [2.75, 3.05) is 6.61 Å². The van der Waals surface area contributed by atoms with Crippen LogP contribution in [0.4, 0.5) is 0 Å². The molecular formula is C5H8N2O3. The van der Waals surface area contributed by atoms with E-state index in [2.05, 4.69) is 4.99 Å². The summed E-state index contributed by atoms with van der Waals surface area (Å²) in [6, 6.07) is 0.105.